The van der Waals surface area contributed by atoms with E-state index in [0.717, 1.165) is 11.3 Å². The predicted octanol–water partition coefficient (Wildman–Crippen LogP) is 2.85. The summed E-state index contributed by atoms with van der Waals surface area (Å²) in [5, 5.41) is 16.7. The first-order valence-electron chi connectivity index (χ1n) is 7.15. The number of aromatic nitrogens is 2. The van der Waals surface area contributed by atoms with E-state index in [9.17, 15) is 4.79 Å². The second-order valence-electron chi connectivity index (χ2n) is 4.95. The summed E-state index contributed by atoms with van der Waals surface area (Å²) in [6.45, 7) is 5.90. The number of anilines is 1. The number of nitrogens with one attached hydrogen (secondary N) is 1. The van der Waals surface area contributed by atoms with Gasteiger partial charge in [-0.25, -0.2) is 9.48 Å². The molecule has 0 unspecified atom stereocenters. The molecule has 0 aliphatic rings. The SMILES string of the molecule is C=CCN(CCO)C(=O)Nc1nn(-c2ccccc2Cl)cc1C. The van der Waals surface area contributed by atoms with Gasteiger partial charge in [-0.2, -0.15) is 0 Å². The normalized spacial score (nSPS) is 10.4. The van der Waals surface area contributed by atoms with Gasteiger partial charge >= 0.3 is 6.03 Å². The van der Waals surface area contributed by atoms with Crippen molar-refractivity contribution in [3.63, 3.8) is 0 Å². The lowest BCUT2D eigenvalue weighted by Gasteiger charge is -2.19. The van der Waals surface area contributed by atoms with E-state index in [-0.39, 0.29) is 19.2 Å². The fraction of sp³-hybridized carbons (Fsp3) is 0.250. The van der Waals surface area contributed by atoms with E-state index >= 15 is 0 Å². The van der Waals surface area contributed by atoms with E-state index in [1.54, 1.807) is 23.0 Å². The van der Waals surface area contributed by atoms with E-state index in [1.165, 1.54) is 4.90 Å². The molecule has 0 radical (unpaired) electrons. The highest BCUT2D eigenvalue weighted by Crippen LogP contribution is 2.22. The van der Waals surface area contributed by atoms with E-state index in [2.05, 4.69) is 17.0 Å². The quantitative estimate of drug-likeness (QED) is 0.798. The molecular weight excluding hydrogens is 316 g/mol. The lowest BCUT2D eigenvalue weighted by atomic mass is 10.3. The number of nitrogens with zero attached hydrogens (tertiary/aromatic N) is 3. The second kappa shape index (κ2) is 7.80. The van der Waals surface area contributed by atoms with Gasteiger partial charge in [0.2, 0.25) is 0 Å². The number of hydrogen-bond donors (Lipinski definition) is 2. The third-order valence-electron chi connectivity index (χ3n) is 3.23. The average molecular weight is 335 g/mol. The molecule has 23 heavy (non-hydrogen) atoms. The molecule has 2 aromatic rings. The van der Waals surface area contributed by atoms with Crippen LogP contribution in [0.4, 0.5) is 10.6 Å². The van der Waals surface area contributed by atoms with Gasteiger partial charge in [-0.1, -0.05) is 29.8 Å². The fourth-order valence-electron chi connectivity index (χ4n) is 2.08. The van der Waals surface area contributed by atoms with E-state index in [4.69, 9.17) is 16.7 Å². The van der Waals surface area contributed by atoms with Crippen molar-refractivity contribution in [1.29, 1.82) is 0 Å². The molecule has 1 aromatic heterocycles. The van der Waals surface area contributed by atoms with E-state index < -0.39 is 0 Å². The van der Waals surface area contributed by atoms with Crippen molar-refractivity contribution in [2.45, 2.75) is 6.92 Å². The molecule has 7 heteroatoms. The number of carbonyl (C=O) groups excluding carboxylic acids is 1. The number of amides is 2. The van der Waals surface area contributed by atoms with Crippen LogP contribution in [0.15, 0.2) is 43.1 Å². The van der Waals surface area contributed by atoms with Gasteiger partial charge < -0.3 is 10.0 Å². The number of rotatable bonds is 6. The number of aryl methyl sites for hydroxylation is 1. The van der Waals surface area contributed by atoms with Crippen LogP contribution >= 0.6 is 11.6 Å². The highest BCUT2D eigenvalue weighted by atomic mass is 35.5. The summed E-state index contributed by atoms with van der Waals surface area (Å²) in [6.07, 6.45) is 3.39. The van der Waals surface area contributed by atoms with Gasteiger partial charge in [-0.05, 0) is 19.1 Å². The summed E-state index contributed by atoms with van der Waals surface area (Å²) < 4.78 is 1.62. The number of aliphatic hydroxyl groups excluding tert-OH is 1. The summed E-state index contributed by atoms with van der Waals surface area (Å²) >= 11 is 6.16. The minimum atomic E-state index is -0.341. The first kappa shape index (κ1) is 17.1. The molecule has 1 heterocycles. The number of urea groups is 1. The average Bonchev–Trinajstić information content (AvgIpc) is 2.88. The van der Waals surface area contributed by atoms with E-state index in [1.807, 2.05) is 25.1 Å². The summed E-state index contributed by atoms with van der Waals surface area (Å²) in [7, 11) is 0. The number of halogens is 1. The minimum Gasteiger partial charge on any atom is -0.395 e. The van der Waals surface area contributed by atoms with Crippen molar-refractivity contribution in [2.75, 3.05) is 25.0 Å². The highest BCUT2D eigenvalue weighted by molar-refractivity contribution is 6.32. The number of carbonyl (C=O) groups is 1. The molecule has 6 nitrogen and oxygen atoms in total. The Bertz CT molecular complexity index is 699. The maximum atomic E-state index is 12.2. The molecule has 2 amide bonds. The number of hydrogen-bond acceptors (Lipinski definition) is 3. The molecular formula is C16H19ClN4O2. The second-order valence-corrected chi connectivity index (χ2v) is 5.35. The largest absolute Gasteiger partial charge is 0.395 e. The lowest BCUT2D eigenvalue weighted by Crippen LogP contribution is -2.37. The van der Waals surface area contributed by atoms with Gasteiger partial charge in [0.15, 0.2) is 5.82 Å². The molecule has 0 atom stereocenters. The van der Waals surface area contributed by atoms with Crippen molar-refractivity contribution in [2.24, 2.45) is 0 Å². The van der Waals surface area contributed by atoms with Crippen LogP contribution in [0.1, 0.15) is 5.56 Å². The van der Waals surface area contributed by atoms with Crippen LogP contribution in [-0.4, -0.2) is 45.5 Å². The zero-order valence-corrected chi connectivity index (χ0v) is 13.6. The van der Waals surface area contributed by atoms with Crippen LogP contribution in [0, 0.1) is 6.92 Å². The van der Waals surface area contributed by atoms with Gasteiger partial charge in [0.1, 0.15) is 0 Å². The predicted molar refractivity (Wildman–Crippen MR) is 91.2 cm³/mol. The Balaban J connectivity index is 2.20. The Morgan fingerprint density at radius 3 is 2.91 bits per heavy atom. The minimum absolute atomic E-state index is 0.117. The highest BCUT2D eigenvalue weighted by Gasteiger charge is 2.15. The molecule has 0 fully saturated rings. The smallest absolute Gasteiger partial charge is 0.323 e. The Labute approximate surface area is 140 Å². The molecule has 2 rings (SSSR count). The molecule has 0 spiro atoms. The number of aliphatic hydroxyl groups is 1. The summed E-state index contributed by atoms with van der Waals surface area (Å²) in [6, 6.07) is 6.98. The van der Waals surface area contributed by atoms with Crippen LogP contribution < -0.4 is 5.32 Å². The summed E-state index contributed by atoms with van der Waals surface area (Å²) in [5.41, 5.74) is 1.54. The Kier molecular flexibility index (Phi) is 5.78. The van der Waals surface area contributed by atoms with Crippen molar-refractivity contribution in [3.05, 3.63) is 53.7 Å². The standard InChI is InChI=1S/C16H19ClN4O2/c1-3-8-20(9-10-22)16(23)18-15-12(2)11-21(19-15)14-7-5-4-6-13(14)17/h3-7,11,22H,1,8-10H2,2H3,(H,18,19,23). The lowest BCUT2D eigenvalue weighted by molar-refractivity contribution is 0.195. The zero-order valence-electron chi connectivity index (χ0n) is 12.9. The van der Waals surface area contributed by atoms with Crippen molar-refractivity contribution in [1.82, 2.24) is 14.7 Å². The molecule has 0 aliphatic carbocycles. The van der Waals surface area contributed by atoms with E-state index in [0.29, 0.717) is 17.4 Å². The maximum Gasteiger partial charge on any atom is 0.323 e. The molecule has 0 saturated carbocycles. The van der Waals surface area contributed by atoms with Gasteiger partial charge in [-0.3, -0.25) is 5.32 Å². The summed E-state index contributed by atoms with van der Waals surface area (Å²) in [5.74, 6) is 0.446. The third-order valence-corrected chi connectivity index (χ3v) is 3.55. The van der Waals surface area contributed by atoms with Crippen molar-refractivity contribution < 1.29 is 9.90 Å². The summed E-state index contributed by atoms with van der Waals surface area (Å²) in [4.78, 5) is 13.7. The molecule has 1 aromatic carbocycles. The first-order chi connectivity index (χ1) is 11.1. The van der Waals surface area contributed by atoms with Crippen LogP contribution in [0.5, 0.6) is 0 Å². The van der Waals surface area contributed by atoms with Gasteiger partial charge in [0.25, 0.3) is 0 Å². The van der Waals surface area contributed by atoms with Gasteiger partial charge in [-0.15, -0.1) is 11.7 Å². The van der Waals surface area contributed by atoms with Crippen LogP contribution in [0.25, 0.3) is 5.69 Å². The Morgan fingerprint density at radius 1 is 1.52 bits per heavy atom. The fourth-order valence-corrected chi connectivity index (χ4v) is 2.30. The maximum absolute atomic E-state index is 12.2. The molecule has 0 saturated heterocycles. The number of para-hydroxylation sites is 1. The molecule has 0 aliphatic heterocycles. The molecule has 0 bridgehead atoms. The zero-order chi connectivity index (χ0) is 16.8. The first-order valence-corrected chi connectivity index (χ1v) is 7.53. The van der Waals surface area contributed by atoms with Crippen molar-refractivity contribution >= 4 is 23.4 Å². The number of benzene rings is 1. The van der Waals surface area contributed by atoms with Gasteiger partial charge in [0.05, 0.1) is 17.3 Å². The van der Waals surface area contributed by atoms with Crippen LogP contribution in [0.2, 0.25) is 5.02 Å². The monoisotopic (exact) mass is 334 g/mol. The van der Waals surface area contributed by atoms with Crippen molar-refractivity contribution in [3.8, 4) is 5.69 Å². The Morgan fingerprint density at radius 2 is 2.26 bits per heavy atom. The van der Waals surface area contributed by atoms with Gasteiger partial charge in [0, 0.05) is 24.8 Å². The Hall–Kier alpha value is -2.31. The topological polar surface area (TPSA) is 70.4 Å². The molecule has 122 valence electrons. The molecule has 2 N–H and O–H groups in total. The van der Waals surface area contributed by atoms with Crippen LogP contribution in [0.3, 0.4) is 0 Å². The third kappa shape index (κ3) is 4.12. The van der Waals surface area contributed by atoms with Crippen LogP contribution in [-0.2, 0) is 0 Å².